The van der Waals surface area contributed by atoms with E-state index >= 15 is 0 Å². The van der Waals surface area contributed by atoms with Gasteiger partial charge in [-0.05, 0) is 26.0 Å². The van der Waals surface area contributed by atoms with Crippen molar-refractivity contribution < 1.29 is 23.8 Å². The molecule has 0 N–H and O–H groups in total. The first-order valence-corrected chi connectivity index (χ1v) is 8.44. The molecule has 1 aromatic carbocycles. The van der Waals surface area contributed by atoms with Crippen molar-refractivity contribution in [3.8, 4) is 17.2 Å². The second-order valence-corrected chi connectivity index (χ2v) is 6.25. The Labute approximate surface area is 154 Å². The van der Waals surface area contributed by atoms with Gasteiger partial charge in [-0.1, -0.05) is 5.57 Å². The van der Waals surface area contributed by atoms with Gasteiger partial charge in [-0.15, -0.1) is 0 Å². The van der Waals surface area contributed by atoms with Crippen LogP contribution in [0.5, 0.6) is 17.2 Å². The van der Waals surface area contributed by atoms with E-state index in [-0.39, 0.29) is 11.8 Å². The van der Waals surface area contributed by atoms with Gasteiger partial charge < -0.3 is 24.0 Å². The SMILES string of the molecule is COc1cc(C(=O)N2CCN(C(=O)C=C(C)C)CC2)cc(OC)c1OC. The van der Waals surface area contributed by atoms with E-state index in [1.165, 1.54) is 21.3 Å². The van der Waals surface area contributed by atoms with Crippen molar-refractivity contribution in [1.82, 2.24) is 9.80 Å². The maximum atomic E-state index is 12.8. The summed E-state index contributed by atoms with van der Waals surface area (Å²) in [4.78, 5) is 28.4. The van der Waals surface area contributed by atoms with Crippen molar-refractivity contribution in [2.45, 2.75) is 13.8 Å². The quantitative estimate of drug-likeness (QED) is 0.749. The first-order valence-electron chi connectivity index (χ1n) is 8.44. The molecule has 1 aliphatic heterocycles. The minimum absolute atomic E-state index is 0.00937. The summed E-state index contributed by atoms with van der Waals surface area (Å²) in [6.45, 7) is 5.78. The van der Waals surface area contributed by atoms with Gasteiger partial charge in [0.15, 0.2) is 11.5 Å². The highest BCUT2D eigenvalue weighted by Crippen LogP contribution is 2.38. The van der Waals surface area contributed by atoms with Crippen LogP contribution in [-0.4, -0.2) is 69.1 Å². The Balaban J connectivity index is 2.13. The second kappa shape index (κ2) is 8.60. The van der Waals surface area contributed by atoms with Gasteiger partial charge in [0.1, 0.15) is 0 Å². The van der Waals surface area contributed by atoms with Crippen LogP contribution in [0.15, 0.2) is 23.8 Å². The van der Waals surface area contributed by atoms with Crippen molar-refractivity contribution >= 4 is 11.8 Å². The Morgan fingerprint density at radius 1 is 0.885 bits per heavy atom. The average molecular weight is 362 g/mol. The molecule has 0 aromatic heterocycles. The summed E-state index contributed by atoms with van der Waals surface area (Å²) < 4.78 is 15.9. The number of ether oxygens (including phenoxy) is 3. The maximum Gasteiger partial charge on any atom is 0.254 e. The maximum absolute atomic E-state index is 12.8. The van der Waals surface area contributed by atoms with Crippen LogP contribution in [0, 0.1) is 0 Å². The van der Waals surface area contributed by atoms with E-state index < -0.39 is 0 Å². The molecule has 0 atom stereocenters. The van der Waals surface area contributed by atoms with E-state index in [4.69, 9.17) is 14.2 Å². The fourth-order valence-corrected chi connectivity index (χ4v) is 2.86. The molecule has 7 heteroatoms. The van der Waals surface area contributed by atoms with Crippen molar-refractivity contribution in [1.29, 1.82) is 0 Å². The van der Waals surface area contributed by atoms with Gasteiger partial charge >= 0.3 is 0 Å². The Morgan fingerprint density at radius 2 is 1.38 bits per heavy atom. The lowest BCUT2D eigenvalue weighted by Crippen LogP contribution is -2.50. The highest BCUT2D eigenvalue weighted by atomic mass is 16.5. The summed E-state index contributed by atoms with van der Waals surface area (Å²) in [5, 5.41) is 0. The molecule has 1 fully saturated rings. The van der Waals surface area contributed by atoms with Crippen molar-refractivity contribution in [3.63, 3.8) is 0 Å². The lowest BCUT2D eigenvalue weighted by molar-refractivity contribution is -0.127. The Morgan fingerprint density at radius 3 is 1.81 bits per heavy atom. The van der Waals surface area contributed by atoms with Crippen LogP contribution < -0.4 is 14.2 Å². The molecule has 26 heavy (non-hydrogen) atoms. The topological polar surface area (TPSA) is 68.3 Å². The molecule has 0 saturated carbocycles. The number of rotatable bonds is 5. The molecular weight excluding hydrogens is 336 g/mol. The van der Waals surface area contributed by atoms with E-state index in [1.54, 1.807) is 28.0 Å². The fraction of sp³-hybridized carbons (Fsp3) is 0.474. The first kappa shape index (κ1) is 19.6. The van der Waals surface area contributed by atoms with Crippen molar-refractivity contribution in [3.05, 3.63) is 29.3 Å². The number of nitrogens with zero attached hydrogens (tertiary/aromatic N) is 2. The van der Waals surface area contributed by atoms with Crippen LogP contribution in [0.2, 0.25) is 0 Å². The molecule has 0 radical (unpaired) electrons. The molecule has 0 bridgehead atoms. The molecule has 0 unspecified atom stereocenters. The Hall–Kier alpha value is -2.70. The number of benzene rings is 1. The number of methoxy groups -OCH3 is 3. The molecule has 2 amide bonds. The van der Waals surface area contributed by atoms with E-state index in [0.717, 1.165) is 5.57 Å². The van der Waals surface area contributed by atoms with Crippen molar-refractivity contribution in [2.24, 2.45) is 0 Å². The molecule has 1 aliphatic rings. The third-order valence-electron chi connectivity index (χ3n) is 4.20. The van der Waals surface area contributed by atoms with Gasteiger partial charge in [0.05, 0.1) is 21.3 Å². The zero-order chi connectivity index (χ0) is 19.3. The third-order valence-corrected chi connectivity index (χ3v) is 4.20. The van der Waals surface area contributed by atoms with Gasteiger partial charge in [0.25, 0.3) is 5.91 Å². The number of piperazine rings is 1. The summed E-state index contributed by atoms with van der Waals surface area (Å²) in [6, 6.07) is 3.29. The van der Waals surface area contributed by atoms with E-state index in [0.29, 0.717) is 49.0 Å². The molecular formula is C19H26N2O5. The molecule has 142 valence electrons. The molecule has 0 aliphatic carbocycles. The smallest absolute Gasteiger partial charge is 0.254 e. The van der Waals surface area contributed by atoms with Gasteiger partial charge in [-0.3, -0.25) is 9.59 Å². The van der Waals surface area contributed by atoms with Crippen LogP contribution in [-0.2, 0) is 4.79 Å². The number of carbonyl (C=O) groups excluding carboxylic acids is 2. The normalized spacial score (nSPS) is 13.9. The average Bonchev–Trinajstić information content (AvgIpc) is 2.65. The minimum Gasteiger partial charge on any atom is -0.493 e. The van der Waals surface area contributed by atoms with Crippen LogP contribution in [0.4, 0.5) is 0 Å². The number of amides is 2. The summed E-state index contributed by atoms with van der Waals surface area (Å²) in [5.74, 6) is 1.19. The standard InChI is InChI=1S/C19H26N2O5/c1-13(2)10-17(22)20-6-8-21(9-7-20)19(23)14-11-15(24-3)18(26-5)16(12-14)25-4/h10-12H,6-9H2,1-5H3. The number of allylic oxidation sites excluding steroid dienone is 1. The van der Waals surface area contributed by atoms with E-state index in [1.807, 2.05) is 13.8 Å². The zero-order valence-electron chi connectivity index (χ0n) is 16.0. The van der Waals surface area contributed by atoms with Gasteiger partial charge in [0, 0.05) is 37.8 Å². The first-order chi connectivity index (χ1) is 12.4. The Bertz CT molecular complexity index is 677. The lowest BCUT2D eigenvalue weighted by Gasteiger charge is -2.34. The number of hydrogen-bond donors (Lipinski definition) is 0. The fourth-order valence-electron chi connectivity index (χ4n) is 2.86. The summed E-state index contributed by atoms with van der Waals surface area (Å²) in [6.07, 6.45) is 1.62. The Kier molecular flexibility index (Phi) is 6.49. The molecule has 1 aromatic rings. The third kappa shape index (κ3) is 4.28. The highest BCUT2D eigenvalue weighted by Gasteiger charge is 2.26. The van der Waals surface area contributed by atoms with Crippen LogP contribution in [0.3, 0.4) is 0 Å². The molecule has 2 rings (SSSR count). The van der Waals surface area contributed by atoms with Crippen LogP contribution >= 0.6 is 0 Å². The second-order valence-electron chi connectivity index (χ2n) is 6.25. The van der Waals surface area contributed by atoms with Gasteiger partial charge in [0.2, 0.25) is 11.7 Å². The van der Waals surface area contributed by atoms with Crippen LogP contribution in [0.1, 0.15) is 24.2 Å². The molecule has 1 heterocycles. The zero-order valence-corrected chi connectivity index (χ0v) is 16.0. The highest BCUT2D eigenvalue weighted by molar-refractivity contribution is 5.96. The lowest BCUT2D eigenvalue weighted by atomic mass is 10.1. The van der Waals surface area contributed by atoms with Gasteiger partial charge in [-0.2, -0.15) is 0 Å². The summed E-state index contributed by atoms with van der Waals surface area (Å²) in [7, 11) is 4.54. The van der Waals surface area contributed by atoms with E-state index in [2.05, 4.69) is 0 Å². The molecule has 7 nitrogen and oxygen atoms in total. The van der Waals surface area contributed by atoms with Crippen molar-refractivity contribution in [2.75, 3.05) is 47.5 Å². The summed E-state index contributed by atoms with van der Waals surface area (Å²) in [5.41, 5.74) is 1.43. The number of carbonyl (C=O) groups is 2. The predicted molar refractivity (Wildman–Crippen MR) is 98.0 cm³/mol. The van der Waals surface area contributed by atoms with Crippen LogP contribution in [0.25, 0.3) is 0 Å². The van der Waals surface area contributed by atoms with E-state index in [9.17, 15) is 9.59 Å². The molecule has 1 saturated heterocycles. The minimum atomic E-state index is -0.126. The largest absolute Gasteiger partial charge is 0.493 e. The van der Waals surface area contributed by atoms with Gasteiger partial charge in [-0.25, -0.2) is 0 Å². The molecule has 0 spiro atoms. The predicted octanol–water partition coefficient (Wildman–Crippen LogP) is 1.96. The monoisotopic (exact) mass is 362 g/mol. The number of hydrogen-bond acceptors (Lipinski definition) is 5. The summed E-state index contributed by atoms with van der Waals surface area (Å²) >= 11 is 0.